The highest BCUT2D eigenvalue weighted by Gasteiger charge is 2.41. The number of hydrogen-bond donors (Lipinski definition) is 1. The molecule has 0 bridgehead atoms. The normalized spacial score (nSPS) is 18.9. The van der Waals surface area contributed by atoms with Crippen LogP contribution in [0.3, 0.4) is 0 Å². The Morgan fingerprint density at radius 3 is 2.66 bits per heavy atom. The molecule has 150 valence electrons. The fourth-order valence-electron chi connectivity index (χ4n) is 3.70. The first-order chi connectivity index (χ1) is 14.0. The maximum absolute atomic E-state index is 6.42. The molecule has 0 aliphatic carbocycles. The zero-order chi connectivity index (χ0) is 20.5. The zero-order valence-electron chi connectivity index (χ0n) is 16.5. The number of hydrogen-bond acceptors (Lipinski definition) is 3. The van der Waals surface area contributed by atoms with E-state index in [-0.39, 0.29) is 12.1 Å². The topological polar surface area (TPSA) is 42.3 Å². The van der Waals surface area contributed by atoms with E-state index in [0.717, 1.165) is 16.9 Å². The summed E-state index contributed by atoms with van der Waals surface area (Å²) in [4.78, 5) is 6.70. The molecule has 3 aromatic rings. The van der Waals surface area contributed by atoms with Crippen molar-refractivity contribution >= 4 is 34.6 Å². The summed E-state index contributed by atoms with van der Waals surface area (Å²) >= 11 is 12.2. The zero-order valence-corrected chi connectivity index (χ0v) is 18.1. The third kappa shape index (κ3) is 3.70. The van der Waals surface area contributed by atoms with Gasteiger partial charge in [-0.25, -0.2) is 0 Å². The molecule has 0 radical (unpaired) electrons. The largest absolute Gasteiger partial charge is 0.495 e. The predicted molar refractivity (Wildman–Crippen MR) is 121 cm³/mol. The van der Waals surface area contributed by atoms with Crippen molar-refractivity contribution in [3.8, 4) is 5.75 Å². The molecule has 3 heterocycles. The van der Waals surface area contributed by atoms with Crippen LogP contribution in [0.5, 0.6) is 5.75 Å². The number of halogens is 1. The first-order valence-electron chi connectivity index (χ1n) is 9.51. The van der Waals surface area contributed by atoms with Crippen LogP contribution in [-0.2, 0) is 0 Å². The Morgan fingerprint density at radius 2 is 2.03 bits per heavy atom. The Bertz CT molecular complexity index is 1020. The molecule has 2 atom stereocenters. The van der Waals surface area contributed by atoms with E-state index in [1.165, 1.54) is 0 Å². The van der Waals surface area contributed by atoms with E-state index in [1.54, 1.807) is 7.11 Å². The van der Waals surface area contributed by atoms with Crippen LogP contribution >= 0.6 is 23.8 Å². The molecule has 1 fully saturated rings. The van der Waals surface area contributed by atoms with Gasteiger partial charge in [0.1, 0.15) is 5.75 Å². The Labute approximate surface area is 181 Å². The van der Waals surface area contributed by atoms with Crippen molar-refractivity contribution in [2.24, 2.45) is 0 Å². The number of pyridine rings is 1. The van der Waals surface area contributed by atoms with Gasteiger partial charge in [-0.2, -0.15) is 0 Å². The van der Waals surface area contributed by atoms with Crippen LogP contribution in [-0.4, -0.2) is 21.8 Å². The smallest absolute Gasteiger partial charge is 0.174 e. The number of benzene rings is 1. The summed E-state index contributed by atoms with van der Waals surface area (Å²) in [7, 11) is 1.61. The van der Waals surface area contributed by atoms with Crippen molar-refractivity contribution in [1.29, 1.82) is 0 Å². The molecule has 0 unspecified atom stereocenters. The average molecular weight is 427 g/mol. The minimum atomic E-state index is -0.0763. The van der Waals surface area contributed by atoms with Crippen molar-refractivity contribution < 1.29 is 4.74 Å². The molecule has 7 heteroatoms. The Balaban J connectivity index is 1.81. The molecule has 1 N–H and O–H groups in total. The molecule has 29 heavy (non-hydrogen) atoms. The van der Waals surface area contributed by atoms with Crippen LogP contribution in [0.2, 0.25) is 5.02 Å². The Kier molecular flexibility index (Phi) is 5.48. The summed E-state index contributed by atoms with van der Waals surface area (Å²) in [5.74, 6) is 0.636. The summed E-state index contributed by atoms with van der Waals surface area (Å²) in [6.45, 7) is 4.33. The maximum atomic E-state index is 6.42. The molecule has 0 amide bonds. The first kappa shape index (κ1) is 19.7. The van der Waals surface area contributed by atoms with E-state index >= 15 is 0 Å². The van der Waals surface area contributed by atoms with Gasteiger partial charge in [-0.05, 0) is 68.0 Å². The minimum Gasteiger partial charge on any atom is -0.495 e. The van der Waals surface area contributed by atoms with Crippen molar-refractivity contribution in [1.82, 2.24) is 14.9 Å². The van der Waals surface area contributed by atoms with Gasteiger partial charge in [0.15, 0.2) is 5.11 Å². The lowest BCUT2D eigenvalue weighted by Crippen LogP contribution is -2.29. The van der Waals surface area contributed by atoms with Gasteiger partial charge in [-0.1, -0.05) is 17.7 Å². The standard InChI is InChI=1S/C22H23ClN4OS/c1-14(2)26-11-9-15(13-26)21-20(18-6-4-5-10-24-18)25-22(29)27(21)16-7-8-19(28-3)17(23)12-16/h4-14,20-21H,1-3H3,(H,25,29)/t20-,21-/m0/s1. The lowest BCUT2D eigenvalue weighted by atomic mass is 9.98. The fourth-order valence-corrected chi connectivity index (χ4v) is 4.30. The second-order valence-electron chi connectivity index (χ2n) is 7.30. The second kappa shape index (κ2) is 8.05. The van der Waals surface area contributed by atoms with Crippen LogP contribution in [0, 0.1) is 0 Å². The average Bonchev–Trinajstić information content (AvgIpc) is 3.33. The third-order valence-electron chi connectivity index (χ3n) is 5.19. The number of aromatic nitrogens is 2. The summed E-state index contributed by atoms with van der Waals surface area (Å²) < 4.78 is 7.51. The van der Waals surface area contributed by atoms with Gasteiger partial charge in [0.25, 0.3) is 0 Å². The number of ether oxygens (including phenoxy) is 1. The molecule has 0 saturated carbocycles. The van der Waals surface area contributed by atoms with Gasteiger partial charge in [0, 0.05) is 30.3 Å². The molecule has 5 nitrogen and oxygen atoms in total. The molecule has 1 aliphatic rings. The monoisotopic (exact) mass is 426 g/mol. The fraction of sp³-hybridized carbons (Fsp3) is 0.273. The van der Waals surface area contributed by atoms with Gasteiger partial charge < -0.3 is 19.5 Å². The highest BCUT2D eigenvalue weighted by atomic mass is 35.5. The molecule has 1 aromatic carbocycles. The van der Waals surface area contributed by atoms with Gasteiger partial charge in [0.05, 0.1) is 29.9 Å². The summed E-state index contributed by atoms with van der Waals surface area (Å²) in [6.07, 6.45) is 6.10. The molecular formula is C22H23ClN4OS. The van der Waals surface area contributed by atoms with Crippen molar-refractivity contribution in [3.63, 3.8) is 0 Å². The SMILES string of the molecule is COc1ccc(N2C(=S)N[C@@H](c3ccccn3)[C@@H]2c2ccn(C(C)C)c2)cc1Cl. The summed E-state index contributed by atoms with van der Waals surface area (Å²) in [5, 5.41) is 4.66. The van der Waals surface area contributed by atoms with Crippen molar-refractivity contribution in [3.05, 3.63) is 77.3 Å². The minimum absolute atomic E-state index is 0.0538. The van der Waals surface area contributed by atoms with E-state index < -0.39 is 0 Å². The Hall–Kier alpha value is -2.57. The highest BCUT2D eigenvalue weighted by Crippen LogP contribution is 2.43. The predicted octanol–water partition coefficient (Wildman–Crippen LogP) is 5.30. The lowest BCUT2D eigenvalue weighted by molar-refractivity contribution is 0.415. The lowest BCUT2D eigenvalue weighted by Gasteiger charge is -2.27. The summed E-state index contributed by atoms with van der Waals surface area (Å²) in [6, 6.07) is 14.1. The van der Waals surface area contributed by atoms with Gasteiger partial charge in [-0.3, -0.25) is 4.98 Å². The van der Waals surface area contributed by atoms with Gasteiger partial charge >= 0.3 is 0 Å². The molecule has 4 rings (SSSR count). The van der Waals surface area contributed by atoms with Crippen LogP contribution in [0.1, 0.15) is 43.2 Å². The molecule has 2 aromatic heterocycles. The molecule has 1 saturated heterocycles. The maximum Gasteiger partial charge on any atom is 0.174 e. The van der Waals surface area contributed by atoms with E-state index in [1.807, 2.05) is 42.6 Å². The number of thiocarbonyl (C=S) groups is 1. The number of methoxy groups -OCH3 is 1. The second-order valence-corrected chi connectivity index (χ2v) is 8.10. The molecule has 1 aliphatic heterocycles. The number of nitrogens with one attached hydrogen (secondary N) is 1. The van der Waals surface area contributed by atoms with Crippen LogP contribution in [0.25, 0.3) is 0 Å². The number of rotatable bonds is 5. The summed E-state index contributed by atoms with van der Waals surface area (Å²) in [5.41, 5.74) is 3.02. The van der Waals surface area contributed by atoms with Crippen molar-refractivity contribution in [2.45, 2.75) is 32.0 Å². The molecular weight excluding hydrogens is 404 g/mol. The van der Waals surface area contributed by atoms with Gasteiger partial charge in [0.2, 0.25) is 0 Å². The quantitative estimate of drug-likeness (QED) is 0.560. The van der Waals surface area contributed by atoms with Crippen LogP contribution in [0.4, 0.5) is 5.69 Å². The highest BCUT2D eigenvalue weighted by molar-refractivity contribution is 7.80. The Morgan fingerprint density at radius 1 is 1.21 bits per heavy atom. The first-order valence-corrected chi connectivity index (χ1v) is 10.3. The van der Waals surface area contributed by atoms with Crippen LogP contribution in [0.15, 0.2) is 61.1 Å². The number of anilines is 1. The van der Waals surface area contributed by atoms with E-state index in [2.05, 4.69) is 52.1 Å². The number of nitrogens with zero attached hydrogens (tertiary/aromatic N) is 3. The van der Waals surface area contributed by atoms with Crippen molar-refractivity contribution in [2.75, 3.05) is 12.0 Å². The van der Waals surface area contributed by atoms with E-state index in [0.29, 0.717) is 21.9 Å². The molecule has 0 spiro atoms. The van der Waals surface area contributed by atoms with Crippen LogP contribution < -0.4 is 15.0 Å². The third-order valence-corrected chi connectivity index (χ3v) is 5.80. The van der Waals surface area contributed by atoms with Gasteiger partial charge in [-0.15, -0.1) is 0 Å². The van der Waals surface area contributed by atoms with E-state index in [4.69, 9.17) is 28.6 Å². The van der Waals surface area contributed by atoms with E-state index in [9.17, 15) is 0 Å².